The third-order valence-electron chi connectivity index (χ3n) is 2.83. The van der Waals surface area contributed by atoms with Crippen LogP contribution >= 0.6 is 0 Å². The van der Waals surface area contributed by atoms with E-state index in [2.05, 4.69) is 0 Å². The summed E-state index contributed by atoms with van der Waals surface area (Å²) in [7, 11) is 5.45. The van der Waals surface area contributed by atoms with Gasteiger partial charge in [-0.1, -0.05) is 6.07 Å². The quantitative estimate of drug-likeness (QED) is 0.794. The lowest BCUT2D eigenvalue weighted by atomic mass is 10.1. The average molecular weight is 266 g/mol. The summed E-state index contributed by atoms with van der Waals surface area (Å²) in [6.45, 7) is 1.19. The van der Waals surface area contributed by atoms with Crippen LogP contribution in [0.4, 0.5) is 5.69 Å². The first-order valence-corrected chi connectivity index (χ1v) is 6.26. The summed E-state index contributed by atoms with van der Waals surface area (Å²) in [6, 6.07) is 7.43. The molecule has 0 heterocycles. The first kappa shape index (κ1) is 15.5. The van der Waals surface area contributed by atoms with Gasteiger partial charge in [0.2, 0.25) is 0 Å². The van der Waals surface area contributed by atoms with Crippen molar-refractivity contribution in [2.75, 3.05) is 52.4 Å². The van der Waals surface area contributed by atoms with Gasteiger partial charge in [-0.2, -0.15) is 0 Å². The summed E-state index contributed by atoms with van der Waals surface area (Å²) >= 11 is 0. The average Bonchev–Trinajstić information content (AvgIpc) is 2.42. The largest absolute Gasteiger partial charge is 0.395 e. The Bertz CT molecular complexity index is 407. The fraction of sp³-hybridized carbons (Fsp3) is 0.500. The van der Waals surface area contributed by atoms with Crippen molar-refractivity contribution >= 4 is 11.6 Å². The number of aliphatic hydroxyl groups is 1. The molecule has 0 unspecified atom stereocenters. The number of methoxy groups -OCH3 is 1. The Kier molecular flexibility index (Phi) is 6.32. The van der Waals surface area contributed by atoms with E-state index in [1.165, 1.54) is 0 Å². The fourth-order valence-electron chi connectivity index (χ4n) is 1.74. The van der Waals surface area contributed by atoms with Crippen LogP contribution in [-0.4, -0.2) is 63.4 Å². The Morgan fingerprint density at radius 3 is 2.63 bits per heavy atom. The Hall–Kier alpha value is -1.59. The lowest BCUT2D eigenvalue weighted by Crippen LogP contribution is -2.36. The molecule has 0 spiro atoms. The fourth-order valence-corrected chi connectivity index (χ4v) is 1.74. The Balaban J connectivity index is 2.85. The summed E-state index contributed by atoms with van der Waals surface area (Å²) in [5.74, 6) is -0.0881. The van der Waals surface area contributed by atoms with Crippen LogP contribution in [0.1, 0.15) is 10.4 Å². The van der Waals surface area contributed by atoms with Gasteiger partial charge < -0.3 is 19.6 Å². The molecular formula is C14H22N2O3. The number of anilines is 1. The van der Waals surface area contributed by atoms with Crippen molar-refractivity contribution in [3.63, 3.8) is 0 Å². The van der Waals surface area contributed by atoms with Crippen LogP contribution in [0.25, 0.3) is 0 Å². The predicted octanol–water partition coefficient (Wildman–Crippen LogP) is 0.833. The highest BCUT2D eigenvalue weighted by Crippen LogP contribution is 2.15. The second-order valence-corrected chi connectivity index (χ2v) is 4.45. The van der Waals surface area contributed by atoms with Crippen molar-refractivity contribution in [3.05, 3.63) is 29.8 Å². The van der Waals surface area contributed by atoms with Crippen LogP contribution in [-0.2, 0) is 4.74 Å². The number of amides is 1. The molecule has 19 heavy (non-hydrogen) atoms. The number of nitrogens with zero attached hydrogens (tertiary/aromatic N) is 2. The molecule has 0 aromatic heterocycles. The van der Waals surface area contributed by atoms with E-state index in [0.717, 1.165) is 5.69 Å². The van der Waals surface area contributed by atoms with E-state index in [0.29, 0.717) is 25.3 Å². The molecule has 1 N–H and O–H groups in total. The summed E-state index contributed by atoms with van der Waals surface area (Å²) in [4.78, 5) is 15.9. The number of hydrogen-bond acceptors (Lipinski definition) is 4. The molecule has 0 aliphatic heterocycles. The Morgan fingerprint density at radius 1 is 1.32 bits per heavy atom. The van der Waals surface area contributed by atoms with Gasteiger partial charge in [-0.25, -0.2) is 0 Å². The van der Waals surface area contributed by atoms with Gasteiger partial charge in [0.25, 0.3) is 5.91 Å². The summed E-state index contributed by atoms with van der Waals surface area (Å²) in [6.07, 6.45) is 0. The maximum absolute atomic E-state index is 12.4. The lowest BCUT2D eigenvalue weighted by Gasteiger charge is -2.22. The van der Waals surface area contributed by atoms with Gasteiger partial charge in [0.05, 0.1) is 13.2 Å². The molecule has 0 aliphatic carbocycles. The number of ether oxygens (including phenoxy) is 1. The van der Waals surface area contributed by atoms with Crippen LogP contribution in [0.3, 0.4) is 0 Å². The van der Waals surface area contributed by atoms with Gasteiger partial charge in [0.1, 0.15) is 0 Å². The zero-order chi connectivity index (χ0) is 14.3. The molecule has 106 valence electrons. The topological polar surface area (TPSA) is 53.0 Å². The Labute approximate surface area is 114 Å². The van der Waals surface area contributed by atoms with E-state index >= 15 is 0 Å². The van der Waals surface area contributed by atoms with E-state index in [1.807, 2.05) is 37.2 Å². The number of hydrogen-bond donors (Lipinski definition) is 1. The van der Waals surface area contributed by atoms with Crippen LogP contribution < -0.4 is 4.90 Å². The first-order valence-electron chi connectivity index (χ1n) is 6.26. The minimum atomic E-state index is -0.0881. The molecule has 1 amide bonds. The zero-order valence-electron chi connectivity index (χ0n) is 11.8. The molecule has 0 saturated carbocycles. The summed E-state index contributed by atoms with van der Waals surface area (Å²) < 4.78 is 4.98. The minimum Gasteiger partial charge on any atom is -0.395 e. The van der Waals surface area contributed by atoms with Crippen LogP contribution in [0.2, 0.25) is 0 Å². The van der Waals surface area contributed by atoms with E-state index in [-0.39, 0.29) is 12.5 Å². The molecule has 0 bridgehead atoms. The highest BCUT2D eigenvalue weighted by Gasteiger charge is 2.15. The van der Waals surface area contributed by atoms with Crippen molar-refractivity contribution in [3.8, 4) is 0 Å². The number of carbonyl (C=O) groups is 1. The van der Waals surface area contributed by atoms with Gasteiger partial charge in [0.15, 0.2) is 0 Å². The molecule has 1 aromatic rings. The minimum absolute atomic E-state index is 0.0528. The van der Waals surface area contributed by atoms with Gasteiger partial charge in [-0.15, -0.1) is 0 Å². The normalized spacial score (nSPS) is 10.3. The van der Waals surface area contributed by atoms with Crippen molar-refractivity contribution in [2.45, 2.75) is 0 Å². The third kappa shape index (κ3) is 4.54. The van der Waals surface area contributed by atoms with Gasteiger partial charge in [-0.3, -0.25) is 4.79 Å². The SMILES string of the molecule is COCCN(CCO)C(=O)c1cccc(N(C)C)c1. The molecule has 0 aliphatic rings. The molecule has 0 fully saturated rings. The lowest BCUT2D eigenvalue weighted by molar-refractivity contribution is 0.0656. The molecule has 1 rings (SSSR count). The molecule has 1 aromatic carbocycles. The highest BCUT2D eigenvalue weighted by molar-refractivity contribution is 5.95. The van der Waals surface area contributed by atoms with Gasteiger partial charge >= 0.3 is 0 Å². The Morgan fingerprint density at radius 2 is 2.05 bits per heavy atom. The second-order valence-electron chi connectivity index (χ2n) is 4.45. The molecule has 0 saturated heterocycles. The second kappa shape index (κ2) is 7.76. The van der Waals surface area contributed by atoms with E-state index in [9.17, 15) is 4.79 Å². The monoisotopic (exact) mass is 266 g/mol. The summed E-state index contributed by atoms with van der Waals surface area (Å²) in [5.41, 5.74) is 1.59. The van der Waals surface area contributed by atoms with Crippen molar-refractivity contribution in [2.24, 2.45) is 0 Å². The number of rotatable bonds is 7. The first-order chi connectivity index (χ1) is 9.10. The highest BCUT2D eigenvalue weighted by atomic mass is 16.5. The van der Waals surface area contributed by atoms with E-state index in [1.54, 1.807) is 18.1 Å². The van der Waals surface area contributed by atoms with Crippen LogP contribution in [0.5, 0.6) is 0 Å². The maximum atomic E-state index is 12.4. The standard InChI is InChI=1S/C14H22N2O3/c1-15(2)13-6-4-5-12(11-13)14(18)16(7-9-17)8-10-19-3/h4-6,11,17H,7-10H2,1-3H3. The van der Waals surface area contributed by atoms with Crippen LogP contribution in [0.15, 0.2) is 24.3 Å². The molecule has 0 atom stereocenters. The summed E-state index contributed by atoms with van der Waals surface area (Å²) in [5, 5.41) is 9.03. The van der Waals surface area contributed by atoms with E-state index in [4.69, 9.17) is 9.84 Å². The molecular weight excluding hydrogens is 244 g/mol. The van der Waals surface area contributed by atoms with Crippen molar-refractivity contribution in [1.82, 2.24) is 4.90 Å². The van der Waals surface area contributed by atoms with Crippen LogP contribution in [0, 0.1) is 0 Å². The van der Waals surface area contributed by atoms with Gasteiger partial charge in [0, 0.05) is 45.5 Å². The van der Waals surface area contributed by atoms with Crippen molar-refractivity contribution < 1.29 is 14.6 Å². The number of benzene rings is 1. The predicted molar refractivity (Wildman–Crippen MR) is 75.6 cm³/mol. The smallest absolute Gasteiger partial charge is 0.254 e. The molecule has 5 nitrogen and oxygen atoms in total. The van der Waals surface area contributed by atoms with E-state index < -0.39 is 0 Å². The van der Waals surface area contributed by atoms with Crippen molar-refractivity contribution in [1.29, 1.82) is 0 Å². The maximum Gasteiger partial charge on any atom is 0.254 e. The zero-order valence-corrected chi connectivity index (χ0v) is 11.8. The molecule has 5 heteroatoms. The van der Waals surface area contributed by atoms with Gasteiger partial charge in [-0.05, 0) is 18.2 Å². The molecule has 0 radical (unpaired) electrons. The number of aliphatic hydroxyl groups excluding tert-OH is 1. The number of carbonyl (C=O) groups excluding carboxylic acids is 1. The third-order valence-corrected chi connectivity index (χ3v) is 2.83.